The Balaban J connectivity index is 1.57. The topological polar surface area (TPSA) is 75.4 Å². The summed E-state index contributed by atoms with van der Waals surface area (Å²) in [5.74, 6) is 0.170. The highest BCUT2D eigenvalue weighted by atomic mass is 32.1. The lowest BCUT2D eigenvalue weighted by Gasteiger charge is -2.30. The second-order valence-corrected chi connectivity index (χ2v) is 6.59. The summed E-state index contributed by atoms with van der Waals surface area (Å²) in [6, 6.07) is 1.95. The quantitative estimate of drug-likeness (QED) is 0.888. The summed E-state index contributed by atoms with van der Waals surface area (Å²) in [5.41, 5.74) is 1.71. The molecule has 2 aromatic heterocycles. The minimum absolute atomic E-state index is 0.0191. The van der Waals surface area contributed by atoms with Gasteiger partial charge in [-0.05, 0) is 18.9 Å². The second kappa shape index (κ2) is 7.07. The van der Waals surface area contributed by atoms with Crippen molar-refractivity contribution in [2.24, 2.45) is 5.92 Å². The maximum atomic E-state index is 12.2. The number of furan rings is 1. The number of nitrogens with one attached hydrogen (secondary N) is 1. The van der Waals surface area contributed by atoms with E-state index in [1.807, 2.05) is 11.4 Å². The molecule has 118 valence electrons. The van der Waals surface area contributed by atoms with Crippen molar-refractivity contribution >= 4 is 17.2 Å². The van der Waals surface area contributed by atoms with E-state index < -0.39 is 0 Å². The predicted octanol–water partition coefficient (Wildman–Crippen LogP) is 2.61. The Morgan fingerprint density at radius 3 is 3.09 bits per heavy atom. The molecule has 2 atom stereocenters. The van der Waals surface area contributed by atoms with Crippen molar-refractivity contribution in [3.63, 3.8) is 0 Å². The molecule has 0 aliphatic heterocycles. The van der Waals surface area contributed by atoms with E-state index in [0.717, 1.165) is 41.9 Å². The van der Waals surface area contributed by atoms with Gasteiger partial charge in [0.2, 0.25) is 5.91 Å². The minimum Gasteiger partial charge on any atom is -0.472 e. The van der Waals surface area contributed by atoms with Crippen molar-refractivity contribution in [2.45, 2.75) is 38.1 Å². The molecular weight excluding hydrogens is 300 g/mol. The van der Waals surface area contributed by atoms with E-state index in [1.54, 1.807) is 12.5 Å². The van der Waals surface area contributed by atoms with Crippen LogP contribution in [-0.4, -0.2) is 28.6 Å². The van der Waals surface area contributed by atoms with Crippen LogP contribution in [0.15, 0.2) is 28.4 Å². The minimum atomic E-state index is -0.0191. The van der Waals surface area contributed by atoms with E-state index in [0.29, 0.717) is 0 Å². The number of hydrogen-bond acceptors (Lipinski definition) is 5. The highest BCUT2D eigenvalue weighted by Gasteiger charge is 2.25. The molecule has 1 amide bonds. The molecule has 0 aromatic carbocycles. The Hall–Kier alpha value is -1.66. The lowest BCUT2D eigenvalue weighted by atomic mass is 9.85. The van der Waals surface area contributed by atoms with Gasteiger partial charge < -0.3 is 14.8 Å². The van der Waals surface area contributed by atoms with Crippen molar-refractivity contribution < 1.29 is 14.3 Å². The van der Waals surface area contributed by atoms with Gasteiger partial charge in [0.15, 0.2) is 0 Å². The zero-order chi connectivity index (χ0) is 15.4. The molecule has 2 N–H and O–H groups in total. The van der Waals surface area contributed by atoms with Gasteiger partial charge in [-0.2, -0.15) is 0 Å². The van der Waals surface area contributed by atoms with E-state index in [-0.39, 0.29) is 30.9 Å². The van der Waals surface area contributed by atoms with Gasteiger partial charge in [0, 0.05) is 29.5 Å². The third kappa shape index (κ3) is 3.56. The smallest absolute Gasteiger partial charge is 0.226 e. The standard InChI is InChI=1S/C16H20N2O3S/c19-8-11-3-1-2-4-14(11)18-15(20)7-13-10-22-16(17-13)12-5-6-21-9-12/h5-6,9-11,14,19H,1-4,7-8H2,(H,18,20). The molecule has 2 heterocycles. The highest BCUT2D eigenvalue weighted by molar-refractivity contribution is 7.13. The number of aromatic nitrogens is 1. The van der Waals surface area contributed by atoms with Crippen LogP contribution in [0.1, 0.15) is 31.4 Å². The number of amides is 1. The Kier molecular flexibility index (Phi) is 4.90. The molecule has 2 aromatic rings. The highest BCUT2D eigenvalue weighted by Crippen LogP contribution is 2.25. The van der Waals surface area contributed by atoms with Crippen LogP contribution in [0, 0.1) is 5.92 Å². The van der Waals surface area contributed by atoms with Gasteiger partial charge in [0.1, 0.15) is 11.3 Å². The van der Waals surface area contributed by atoms with Gasteiger partial charge in [0.25, 0.3) is 0 Å². The third-order valence-electron chi connectivity index (χ3n) is 4.15. The Morgan fingerprint density at radius 2 is 2.32 bits per heavy atom. The van der Waals surface area contributed by atoms with Gasteiger partial charge in [-0.1, -0.05) is 12.8 Å². The first-order chi connectivity index (χ1) is 10.8. The van der Waals surface area contributed by atoms with Crippen LogP contribution in [-0.2, 0) is 11.2 Å². The summed E-state index contributed by atoms with van der Waals surface area (Å²) in [7, 11) is 0. The number of aliphatic hydroxyl groups is 1. The van der Waals surface area contributed by atoms with E-state index in [1.165, 1.54) is 11.3 Å². The van der Waals surface area contributed by atoms with Crippen LogP contribution in [0.5, 0.6) is 0 Å². The molecule has 22 heavy (non-hydrogen) atoms. The van der Waals surface area contributed by atoms with Gasteiger partial charge in [-0.3, -0.25) is 4.79 Å². The van der Waals surface area contributed by atoms with Gasteiger partial charge >= 0.3 is 0 Å². The molecule has 3 rings (SSSR count). The van der Waals surface area contributed by atoms with Crippen molar-refractivity contribution in [1.29, 1.82) is 0 Å². The first kappa shape index (κ1) is 15.2. The molecule has 1 aliphatic rings. The molecule has 1 fully saturated rings. The average Bonchev–Trinajstić information content (AvgIpc) is 3.18. The van der Waals surface area contributed by atoms with Gasteiger partial charge in [-0.25, -0.2) is 4.98 Å². The molecule has 2 unspecified atom stereocenters. The normalized spacial score (nSPS) is 21.7. The summed E-state index contributed by atoms with van der Waals surface area (Å²) in [5, 5.41) is 15.2. The summed E-state index contributed by atoms with van der Waals surface area (Å²) >= 11 is 1.51. The summed E-state index contributed by atoms with van der Waals surface area (Å²) < 4.78 is 5.05. The fourth-order valence-corrected chi connectivity index (χ4v) is 3.75. The van der Waals surface area contributed by atoms with Gasteiger partial charge in [0.05, 0.1) is 18.4 Å². The summed E-state index contributed by atoms with van der Waals surface area (Å²) in [4.78, 5) is 16.7. The fraction of sp³-hybridized carbons (Fsp3) is 0.500. The molecule has 1 saturated carbocycles. The zero-order valence-electron chi connectivity index (χ0n) is 12.3. The van der Waals surface area contributed by atoms with Crippen molar-refractivity contribution in [3.8, 4) is 10.6 Å². The predicted molar refractivity (Wildman–Crippen MR) is 84.5 cm³/mol. The third-order valence-corrected chi connectivity index (χ3v) is 5.09. The number of thiazole rings is 1. The van der Waals surface area contributed by atoms with Crippen molar-refractivity contribution in [3.05, 3.63) is 29.7 Å². The molecular formula is C16H20N2O3S. The summed E-state index contributed by atoms with van der Waals surface area (Å²) in [6.07, 6.45) is 7.73. The fourth-order valence-electron chi connectivity index (χ4n) is 2.95. The zero-order valence-corrected chi connectivity index (χ0v) is 13.1. The van der Waals surface area contributed by atoms with E-state index in [9.17, 15) is 9.90 Å². The van der Waals surface area contributed by atoms with Crippen LogP contribution < -0.4 is 5.32 Å². The number of carbonyl (C=O) groups is 1. The average molecular weight is 320 g/mol. The SMILES string of the molecule is O=C(Cc1csc(-c2ccoc2)n1)NC1CCCCC1CO. The lowest BCUT2D eigenvalue weighted by Crippen LogP contribution is -2.44. The number of aliphatic hydroxyl groups excluding tert-OH is 1. The largest absolute Gasteiger partial charge is 0.472 e. The van der Waals surface area contributed by atoms with Crippen LogP contribution >= 0.6 is 11.3 Å². The number of hydrogen-bond donors (Lipinski definition) is 2. The Labute approximate surface area is 133 Å². The van der Waals surface area contributed by atoms with Crippen LogP contribution in [0.25, 0.3) is 10.6 Å². The molecule has 6 heteroatoms. The first-order valence-electron chi connectivity index (χ1n) is 7.63. The molecule has 0 radical (unpaired) electrons. The molecule has 5 nitrogen and oxygen atoms in total. The van der Waals surface area contributed by atoms with E-state index in [2.05, 4.69) is 10.3 Å². The second-order valence-electron chi connectivity index (χ2n) is 5.73. The van der Waals surface area contributed by atoms with Crippen molar-refractivity contribution in [1.82, 2.24) is 10.3 Å². The van der Waals surface area contributed by atoms with Crippen LogP contribution in [0.4, 0.5) is 0 Å². The van der Waals surface area contributed by atoms with Crippen LogP contribution in [0.3, 0.4) is 0 Å². The Morgan fingerprint density at radius 1 is 1.45 bits per heavy atom. The lowest BCUT2D eigenvalue weighted by molar-refractivity contribution is -0.121. The van der Waals surface area contributed by atoms with E-state index in [4.69, 9.17) is 4.42 Å². The Bertz CT molecular complexity index is 609. The molecule has 0 spiro atoms. The van der Waals surface area contributed by atoms with E-state index >= 15 is 0 Å². The maximum Gasteiger partial charge on any atom is 0.226 e. The summed E-state index contributed by atoms with van der Waals surface area (Å²) in [6.45, 7) is 0.145. The number of nitrogens with zero attached hydrogens (tertiary/aromatic N) is 1. The molecule has 0 saturated heterocycles. The van der Waals surface area contributed by atoms with Crippen molar-refractivity contribution in [2.75, 3.05) is 6.61 Å². The first-order valence-corrected chi connectivity index (χ1v) is 8.51. The number of carbonyl (C=O) groups excluding carboxylic acids is 1. The molecule has 1 aliphatic carbocycles. The molecule has 0 bridgehead atoms. The number of rotatable bonds is 5. The van der Waals surface area contributed by atoms with Crippen LogP contribution in [0.2, 0.25) is 0 Å². The van der Waals surface area contributed by atoms with Gasteiger partial charge in [-0.15, -0.1) is 11.3 Å². The maximum absolute atomic E-state index is 12.2. The monoisotopic (exact) mass is 320 g/mol.